The van der Waals surface area contributed by atoms with Crippen molar-refractivity contribution in [2.24, 2.45) is 5.10 Å². The molecule has 2 amide bonds. The van der Waals surface area contributed by atoms with E-state index in [0.29, 0.717) is 40.7 Å². The molecule has 0 unspecified atom stereocenters. The zero-order valence-electron chi connectivity index (χ0n) is 21.1. The first-order valence-electron chi connectivity index (χ1n) is 11.4. The van der Waals surface area contributed by atoms with Gasteiger partial charge < -0.3 is 34.7 Å². The Morgan fingerprint density at radius 2 is 1.97 bits per heavy atom. The molecule has 38 heavy (non-hydrogen) atoms. The van der Waals surface area contributed by atoms with E-state index in [0.717, 1.165) is 8.95 Å². The summed E-state index contributed by atoms with van der Waals surface area (Å²) in [7, 11) is 2.83. The van der Waals surface area contributed by atoms with Crippen molar-refractivity contribution in [3.05, 3.63) is 61.7 Å². The van der Waals surface area contributed by atoms with Gasteiger partial charge in [0.2, 0.25) is 0 Å². The van der Waals surface area contributed by atoms with E-state index < -0.39 is 24.3 Å². The normalized spacial score (nSPS) is 16.0. The molecule has 0 spiro atoms. The van der Waals surface area contributed by atoms with Gasteiger partial charge in [-0.25, -0.2) is 9.59 Å². The molecule has 1 heterocycles. The van der Waals surface area contributed by atoms with E-state index in [2.05, 4.69) is 53.0 Å². The van der Waals surface area contributed by atoms with E-state index in [1.165, 1.54) is 13.3 Å². The molecule has 204 valence electrons. The number of allylic oxidation sites excluding steroid dienone is 1. The maximum Gasteiger partial charge on any atom is 0.337 e. The Labute approximate surface area is 236 Å². The summed E-state index contributed by atoms with van der Waals surface area (Å²) in [6.07, 6.45) is 0.377. The number of ether oxygens (including phenoxy) is 4. The van der Waals surface area contributed by atoms with Crippen molar-refractivity contribution in [2.45, 2.75) is 26.1 Å². The van der Waals surface area contributed by atoms with Crippen molar-refractivity contribution < 1.29 is 33.6 Å². The number of esters is 1. The molecule has 0 aliphatic carbocycles. The molecule has 4 N–H and O–H groups in total. The Hall–Kier alpha value is -3.29. The van der Waals surface area contributed by atoms with Crippen LogP contribution in [0, 0.1) is 0 Å². The number of carbonyl (C=O) groups excluding carboxylic acids is 2. The lowest BCUT2D eigenvalue weighted by atomic mass is 9.95. The summed E-state index contributed by atoms with van der Waals surface area (Å²) in [6.45, 7) is 3.63. The maximum absolute atomic E-state index is 12.4. The summed E-state index contributed by atoms with van der Waals surface area (Å²) in [5.41, 5.74) is 4.54. The first-order chi connectivity index (χ1) is 18.2. The molecular weight excluding hydrogens is 628 g/mol. The van der Waals surface area contributed by atoms with Gasteiger partial charge in [0.1, 0.15) is 12.4 Å². The van der Waals surface area contributed by atoms with Crippen LogP contribution in [0.2, 0.25) is 0 Å². The van der Waals surface area contributed by atoms with Gasteiger partial charge in [-0.3, -0.25) is 5.43 Å². The van der Waals surface area contributed by atoms with Crippen molar-refractivity contribution in [2.75, 3.05) is 27.4 Å². The van der Waals surface area contributed by atoms with Crippen molar-refractivity contribution in [3.8, 4) is 17.2 Å². The lowest BCUT2D eigenvalue weighted by molar-refractivity contribution is -0.136. The van der Waals surface area contributed by atoms with Crippen LogP contribution in [-0.2, 0) is 9.53 Å². The molecule has 2 aromatic carbocycles. The van der Waals surface area contributed by atoms with Gasteiger partial charge in [-0.2, -0.15) is 5.10 Å². The molecule has 3 rings (SSSR count). The number of carbonyl (C=O) groups is 2. The number of methoxy groups -OCH3 is 2. The van der Waals surface area contributed by atoms with E-state index in [1.54, 1.807) is 32.2 Å². The maximum atomic E-state index is 12.4. The number of urea groups is 1. The number of hydrogen-bond acceptors (Lipinski definition) is 9. The van der Waals surface area contributed by atoms with Gasteiger partial charge in [0.25, 0.3) is 0 Å². The number of nitrogens with zero attached hydrogens (tertiary/aromatic N) is 1. The number of amides is 2. The lowest BCUT2D eigenvalue weighted by Crippen LogP contribution is -2.45. The Morgan fingerprint density at radius 3 is 2.66 bits per heavy atom. The second-order valence-corrected chi connectivity index (χ2v) is 9.70. The third kappa shape index (κ3) is 7.17. The molecule has 13 heteroatoms. The van der Waals surface area contributed by atoms with Crippen molar-refractivity contribution in [1.82, 2.24) is 16.1 Å². The number of rotatable bonds is 11. The number of aliphatic hydroxyl groups excluding tert-OH is 1. The van der Waals surface area contributed by atoms with Gasteiger partial charge in [-0.15, -0.1) is 0 Å². The zero-order chi connectivity index (χ0) is 27.8. The highest BCUT2D eigenvalue weighted by atomic mass is 79.9. The highest BCUT2D eigenvalue weighted by Gasteiger charge is 2.32. The number of aliphatic hydroxyl groups is 1. The number of halogens is 2. The van der Waals surface area contributed by atoms with Crippen molar-refractivity contribution in [1.29, 1.82) is 0 Å². The molecule has 2 aromatic rings. The zero-order valence-corrected chi connectivity index (χ0v) is 24.3. The molecule has 0 fully saturated rings. The minimum atomic E-state index is -1.14. The summed E-state index contributed by atoms with van der Waals surface area (Å²) < 4.78 is 23.3. The Balaban J connectivity index is 1.72. The average molecular weight is 656 g/mol. The quantitative estimate of drug-likeness (QED) is 0.124. The molecule has 0 bridgehead atoms. The Bertz CT molecular complexity index is 1250. The predicted molar refractivity (Wildman–Crippen MR) is 147 cm³/mol. The SMILES string of the molecule is CCOc1cc([C@@H]2NC(=O)NC(C)=C2C(=O)OC)ccc1OC[C@H](O)N/N=C/c1cc(Br)cc(Br)c1OC. The van der Waals surface area contributed by atoms with Crippen LogP contribution < -0.4 is 30.3 Å². The first kappa shape index (κ1) is 29.3. The largest absolute Gasteiger partial charge is 0.495 e. The average Bonchev–Trinajstić information content (AvgIpc) is 2.87. The molecular formula is C25H28Br2N4O7. The Morgan fingerprint density at radius 1 is 1.21 bits per heavy atom. The minimum absolute atomic E-state index is 0.146. The third-order valence-corrected chi connectivity index (χ3v) is 6.39. The molecule has 11 nitrogen and oxygen atoms in total. The summed E-state index contributed by atoms with van der Waals surface area (Å²) in [5, 5.41) is 19.7. The number of hydrogen-bond donors (Lipinski definition) is 4. The molecule has 2 atom stereocenters. The summed E-state index contributed by atoms with van der Waals surface area (Å²) in [4.78, 5) is 24.5. The topological polar surface area (TPSA) is 140 Å². The van der Waals surface area contributed by atoms with E-state index in [9.17, 15) is 14.7 Å². The van der Waals surface area contributed by atoms with E-state index >= 15 is 0 Å². The fraction of sp³-hybridized carbons (Fsp3) is 0.320. The van der Waals surface area contributed by atoms with Crippen LogP contribution in [0.1, 0.15) is 31.0 Å². The monoisotopic (exact) mass is 654 g/mol. The van der Waals surface area contributed by atoms with E-state index in [-0.39, 0.29) is 12.2 Å². The second-order valence-electron chi connectivity index (χ2n) is 7.93. The van der Waals surface area contributed by atoms with Gasteiger partial charge in [-0.1, -0.05) is 22.0 Å². The van der Waals surface area contributed by atoms with E-state index in [4.69, 9.17) is 18.9 Å². The smallest absolute Gasteiger partial charge is 0.337 e. The number of nitrogens with one attached hydrogen (secondary N) is 3. The first-order valence-corrected chi connectivity index (χ1v) is 13.0. The van der Waals surface area contributed by atoms with Crippen LogP contribution in [0.4, 0.5) is 4.79 Å². The van der Waals surface area contributed by atoms with Crippen LogP contribution in [0.3, 0.4) is 0 Å². The van der Waals surface area contributed by atoms with Gasteiger partial charge in [0.05, 0.1) is 43.1 Å². The van der Waals surface area contributed by atoms with Gasteiger partial charge in [-0.05, 0) is 59.6 Å². The highest BCUT2D eigenvalue weighted by molar-refractivity contribution is 9.11. The predicted octanol–water partition coefficient (Wildman–Crippen LogP) is 3.74. The van der Waals surface area contributed by atoms with Gasteiger partial charge in [0, 0.05) is 15.7 Å². The van der Waals surface area contributed by atoms with Gasteiger partial charge in [0.15, 0.2) is 17.7 Å². The van der Waals surface area contributed by atoms with Gasteiger partial charge >= 0.3 is 12.0 Å². The molecule has 0 saturated heterocycles. The molecule has 0 saturated carbocycles. The van der Waals surface area contributed by atoms with Crippen molar-refractivity contribution in [3.63, 3.8) is 0 Å². The fourth-order valence-electron chi connectivity index (χ4n) is 3.71. The highest BCUT2D eigenvalue weighted by Crippen LogP contribution is 2.35. The number of hydrazone groups is 1. The minimum Gasteiger partial charge on any atom is -0.495 e. The summed E-state index contributed by atoms with van der Waals surface area (Å²) >= 11 is 6.85. The van der Waals surface area contributed by atoms with E-state index in [1.807, 2.05) is 19.1 Å². The Kier molecular flexibility index (Phi) is 10.4. The molecule has 1 aliphatic rings. The molecule has 0 radical (unpaired) electrons. The number of benzene rings is 2. The summed E-state index contributed by atoms with van der Waals surface area (Å²) in [5.74, 6) is 0.759. The van der Waals surface area contributed by atoms with Crippen LogP contribution in [-0.4, -0.2) is 57.0 Å². The standard InChI is InChI=1S/C25H28Br2N4O7/c1-5-37-19-9-14(22-21(24(33)36-4)13(2)29-25(34)30-22)6-7-18(19)38-12-20(32)31-28-11-15-8-16(26)10-17(27)23(15)35-3/h6-11,20,22,31-32H,5,12H2,1-4H3,(H2,29,30,34)/b28-11+/t20-,22-/m0/s1. The summed E-state index contributed by atoms with van der Waals surface area (Å²) in [6, 6.07) is 7.47. The molecule has 0 aromatic heterocycles. The van der Waals surface area contributed by atoms with Crippen molar-refractivity contribution >= 4 is 50.1 Å². The molecule has 1 aliphatic heterocycles. The van der Waals surface area contributed by atoms with Crippen LogP contribution in [0.5, 0.6) is 17.2 Å². The van der Waals surface area contributed by atoms with Crippen LogP contribution in [0.25, 0.3) is 0 Å². The van der Waals surface area contributed by atoms with Crippen LogP contribution >= 0.6 is 31.9 Å². The van der Waals surface area contributed by atoms with Crippen LogP contribution in [0.15, 0.2) is 55.6 Å². The second kappa shape index (κ2) is 13.5. The fourth-order valence-corrected chi connectivity index (χ4v) is 5.13. The lowest BCUT2D eigenvalue weighted by Gasteiger charge is -2.28. The third-order valence-electron chi connectivity index (χ3n) is 5.34.